The quantitative estimate of drug-likeness (QED) is 0.113. The van der Waals surface area contributed by atoms with Gasteiger partial charge in [0.1, 0.15) is 23.7 Å². The monoisotopic (exact) mass is 494 g/mol. The molecule has 2 aromatic rings. The molecule has 0 radical (unpaired) electrons. The maximum atomic E-state index is 12.3. The molecule has 0 aliphatic rings. The summed E-state index contributed by atoms with van der Waals surface area (Å²) >= 11 is 0. The first-order valence-electron chi connectivity index (χ1n) is 11.9. The molecule has 36 heavy (non-hydrogen) atoms. The van der Waals surface area contributed by atoms with Crippen molar-refractivity contribution in [3.63, 3.8) is 0 Å². The Bertz CT molecular complexity index is 1000. The van der Waals surface area contributed by atoms with Crippen LogP contribution in [0.2, 0.25) is 0 Å². The van der Waals surface area contributed by atoms with Crippen molar-refractivity contribution in [1.82, 2.24) is 0 Å². The lowest BCUT2D eigenvalue weighted by Gasteiger charge is -2.25. The molecular weight excluding hydrogens is 456 g/mol. The molecule has 0 atom stereocenters. The van der Waals surface area contributed by atoms with Gasteiger partial charge in [0.25, 0.3) is 6.47 Å². The van der Waals surface area contributed by atoms with Gasteiger partial charge in [-0.1, -0.05) is 60.2 Å². The fraction of sp³-hybridized carbons (Fsp3) is 0.333. The zero-order chi connectivity index (χ0) is 26.8. The van der Waals surface area contributed by atoms with Gasteiger partial charge >= 0.3 is 5.97 Å². The molecule has 0 heterocycles. The van der Waals surface area contributed by atoms with E-state index < -0.39 is 5.60 Å². The summed E-state index contributed by atoms with van der Waals surface area (Å²) in [4.78, 5) is 20.6. The molecule has 194 valence electrons. The Morgan fingerprint density at radius 2 is 1.67 bits per heavy atom. The van der Waals surface area contributed by atoms with Gasteiger partial charge in [0.05, 0.1) is 7.11 Å². The highest BCUT2D eigenvalue weighted by Gasteiger charge is 2.24. The predicted molar refractivity (Wildman–Crippen MR) is 143 cm³/mol. The number of carboxylic acid groups (broad SMARTS) is 1. The number of methoxy groups -OCH3 is 1. The van der Waals surface area contributed by atoms with Crippen LogP contribution in [0.25, 0.3) is 0 Å². The second-order valence-corrected chi connectivity index (χ2v) is 8.46. The Labute approximate surface area is 214 Å². The van der Waals surface area contributed by atoms with Crippen LogP contribution in [-0.4, -0.2) is 24.7 Å². The third-order valence-corrected chi connectivity index (χ3v) is 5.25. The van der Waals surface area contributed by atoms with E-state index in [1.807, 2.05) is 101 Å². The first-order chi connectivity index (χ1) is 17.2. The largest absolute Gasteiger partial charge is 0.497 e. The smallest absolute Gasteiger partial charge is 0.306 e. The van der Waals surface area contributed by atoms with Crippen LogP contribution in [-0.2, 0) is 31.3 Å². The van der Waals surface area contributed by atoms with Crippen molar-refractivity contribution in [2.45, 2.75) is 59.2 Å². The van der Waals surface area contributed by atoms with Gasteiger partial charge in [-0.3, -0.25) is 9.59 Å². The van der Waals surface area contributed by atoms with Crippen molar-refractivity contribution >= 4 is 12.4 Å². The number of carbonyl (C=O) groups is 2. The van der Waals surface area contributed by atoms with Crippen LogP contribution in [0.5, 0.6) is 5.75 Å². The summed E-state index contributed by atoms with van der Waals surface area (Å²) in [5.74, 6) is 1.47. The van der Waals surface area contributed by atoms with Gasteiger partial charge in [0, 0.05) is 6.42 Å². The molecule has 1 N–H and O–H groups in total. The first kappa shape index (κ1) is 30.2. The minimum atomic E-state index is -0.623. The molecule has 0 unspecified atom stereocenters. The number of allylic oxidation sites excluding steroid dienone is 5. The fourth-order valence-electron chi connectivity index (χ4n) is 3.21. The maximum absolute atomic E-state index is 12.3. The summed E-state index contributed by atoms with van der Waals surface area (Å²) in [5.41, 5.74) is 2.58. The van der Waals surface area contributed by atoms with Crippen LogP contribution in [0.1, 0.15) is 58.1 Å². The molecule has 0 fully saturated rings. The van der Waals surface area contributed by atoms with Crippen LogP contribution in [0.3, 0.4) is 0 Å². The van der Waals surface area contributed by atoms with Gasteiger partial charge in [-0.2, -0.15) is 0 Å². The molecule has 0 aliphatic carbocycles. The van der Waals surface area contributed by atoms with E-state index in [2.05, 4.69) is 6.08 Å². The van der Waals surface area contributed by atoms with Crippen LogP contribution in [0.4, 0.5) is 0 Å². The number of unbranched alkanes of at least 4 members (excludes halogenated alkanes) is 1. The van der Waals surface area contributed by atoms with Crippen LogP contribution in [0.15, 0.2) is 90.2 Å². The van der Waals surface area contributed by atoms with E-state index in [1.165, 1.54) is 0 Å². The van der Waals surface area contributed by atoms with E-state index in [1.54, 1.807) is 7.11 Å². The van der Waals surface area contributed by atoms with E-state index in [0.29, 0.717) is 13.0 Å². The van der Waals surface area contributed by atoms with Crippen molar-refractivity contribution in [2.24, 2.45) is 0 Å². The standard InChI is InChI=1S/C29H36O4.CH2O2/c1-6-26(32-22-24-17-20-27(31-5)21-18-24)19-16-23(2)12-10-11-15-28(30)33-29(3,4)25-13-8-7-9-14-25;2-1-3/h6-9,12-14,16-21H,10-11,15,22H2,1-5H3;1H,(H,2,3)/b19-16-,23-12+,26-6+;. The summed E-state index contributed by atoms with van der Waals surface area (Å²) in [7, 11) is 1.66. The number of carbonyl (C=O) groups excluding carboxylic acids is 1. The molecule has 0 aliphatic heterocycles. The van der Waals surface area contributed by atoms with E-state index in [4.69, 9.17) is 24.1 Å². The molecule has 0 aromatic heterocycles. The predicted octanol–water partition coefficient (Wildman–Crippen LogP) is 6.97. The Morgan fingerprint density at radius 1 is 1.03 bits per heavy atom. The Morgan fingerprint density at radius 3 is 2.25 bits per heavy atom. The van der Waals surface area contributed by atoms with Crippen molar-refractivity contribution < 1.29 is 28.9 Å². The Balaban J connectivity index is 0.00000205. The summed E-state index contributed by atoms with van der Waals surface area (Å²) in [6.07, 6.45) is 10.0. The van der Waals surface area contributed by atoms with Crippen LogP contribution < -0.4 is 4.74 Å². The molecular formula is C30H38O6. The third-order valence-electron chi connectivity index (χ3n) is 5.25. The molecule has 0 amide bonds. The average Bonchev–Trinajstić information content (AvgIpc) is 2.88. The Kier molecular flexibility index (Phi) is 14.1. The molecule has 0 bridgehead atoms. The topological polar surface area (TPSA) is 82.1 Å². The highest BCUT2D eigenvalue weighted by Crippen LogP contribution is 2.25. The van der Waals surface area contributed by atoms with Gasteiger partial charge in [-0.05, 0) is 75.9 Å². The van der Waals surface area contributed by atoms with E-state index >= 15 is 0 Å². The lowest BCUT2D eigenvalue weighted by atomic mass is 9.98. The number of hydrogen-bond donors (Lipinski definition) is 1. The fourth-order valence-corrected chi connectivity index (χ4v) is 3.21. The van der Waals surface area contributed by atoms with Crippen molar-refractivity contribution in [2.75, 3.05) is 7.11 Å². The summed E-state index contributed by atoms with van der Waals surface area (Å²) in [6.45, 7) is 8.09. The first-order valence-corrected chi connectivity index (χ1v) is 11.9. The summed E-state index contributed by atoms with van der Waals surface area (Å²) < 4.78 is 16.8. The van der Waals surface area contributed by atoms with Crippen LogP contribution >= 0.6 is 0 Å². The number of benzene rings is 2. The minimum Gasteiger partial charge on any atom is -0.497 e. The number of hydrogen-bond acceptors (Lipinski definition) is 5. The normalized spacial score (nSPS) is 11.9. The van der Waals surface area contributed by atoms with Crippen LogP contribution in [0, 0.1) is 0 Å². The average molecular weight is 495 g/mol. The Hall–Kier alpha value is -3.80. The highest BCUT2D eigenvalue weighted by atomic mass is 16.6. The molecule has 6 heteroatoms. The van der Waals surface area contributed by atoms with Gasteiger partial charge < -0.3 is 19.3 Å². The minimum absolute atomic E-state index is 0.173. The highest BCUT2D eigenvalue weighted by molar-refractivity contribution is 5.70. The van der Waals surface area contributed by atoms with E-state index in [9.17, 15) is 4.79 Å². The number of rotatable bonds is 12. The van der Waals surface area contributed by atoms with Crippen molar-refractivity contribution in [1.29, 1.82) is 0 Å². The second-order valence-electron chi connectivity index (χ2n) is 8.46. The maximum Gasteiger partial charge on any atom is 0.306 e. The van der Waals surface area contributed by atoms with Crippen molar-refractivity contribution in [3.05, 3.63) is 101 Å². The van der Waals surface area contributed by atoms with E-state index in [-0.39, 0.29) is 12.4 Å². The molecule has 2 aromatic carbocycles. The zero-order valence-electron chi connectivity index (χ0n) is 21.9. The zero-order valence-corrected chi connectivity index (χ0v) is 21.9. The molecule has 0 saturated heterocycles. The SMILES string of the molecule is C\C=C(/C=C\C(C)=C\CCCC(=O)OC(C)(C)c1ccccc1)OCc1ccc(OC)cc1.O=CO. The van der Waals surface area contributed by atoms with Crippen molar-refractivity contribution in [3.8, 4) is 5.75 Å². The molecule has 6 nitrogen and oxygen atoms in total. The van der Waals surface area contributed by atoms with Gasteiger partial charge in [-0.15, -0.1) is 0 Å². The number of esters is 1. The van der Waals surface area contributed by atoms with Gasteiger partial charge in [-0.25, -0.2) is 0 Å². The molecule has 0 spiro atoms. The van der Waals surface area contributed by atoms with Gasteiger partial charge in [0.15, 0.2) is 0 Å². The molecule has 0 saturated carbocycles. The second kappa shape index (κ2) is 16.8. The number of ether oxygens (including phenoxy) is 3. The van der Waals surface area contributed by atoms with E-state index in [0.717, 1.165) is 41.1 Å². The molecule has 2 rings (SSSR count). The van der Waals surface area contributed by atoms with Gasteiger partial charge in [0.2, 0.25) is 0 Å². The third kappa shape index (κ3) is 12.1. The summed E-state index contributed by atoms with van der Waals surface area (Å²) in [6, 6.07) is 17.7. The lowest BCUT2D eigenvalue weighted by Crippen LogP contribution is -2.25. The lowest BCUT2D eigenvalue weighted by molar-refractivity contribution is -0.157. The summed E-state index contributed by atoms with van der Waals surface area (Å²) in [5, 5.41) is 6.89.